The van der Waals surface area contributed by atoms with Crippen molar-refractivity contribution in [3.63, 3.8) is 0 Å². The van der Waals surface area contributed by atoms with Gasteiger partial charge in [0.05, 0.1) is 0 Å². The average molecular weight is 308 g/mol. The summed E-state index contributed by atoms with van der Waals surface area (Å²) in [5.74, 6) is 1.19. The first kappa shape index (κ1) is 13.7. The molecule has 1 aromatic heterocycles. The number of aromatic nitrogens is 1. The smallest absolute Gasteiger partial charge is 0.251 e. The fraction of sp³-hybridized carbons (Fsp3) is 0.167. The monoisotopic (exact) mass is 308 g/mol. The van der Waals surface area contributed by atoms with Crippen molar-refractivity contribution in [2.24, 2.45) is 0 Å². The zero-order chi connectivity index (χ0) is 15.6. The second-order valence-corrected chi connectivity index (χ2v) is 5.47. The Bertz CT molecular complexity index is 870. The minimum Gasteiger partial charge on any atom is -0.454 e. The highest BCUT2D eigenvalue weighted by atomic mass is 16.7. The van der Waals surface area contributed by atoms with Gasteiger partial charge in [0, 0.05) is 23.8 Å². The van der Waals surface area contributed by atoms with E-state index in [1.54, 1.807) is 18.2 Å². The molecule has 0 saturated heterocycles. The second kappa shape index (κ2) is 5.68. The second-order valence-electron chi connectivity index (χ2n) is 5.47. The fourth-order valence-electron chi connectivity index (χ4n) is 2.71. The molecule has 1 aliphatic rings. The van der Waals surface area contributed by atoms with Crippen molar-refractivity contribution in [2.45, 2.75) is 6.42 Å². The van der Waals surface area contributed by atoms with E-state index in [4.69, 9.17) is 9.47 Å². The summed E-state index contributed by atoms with van der Waals surface area (Å²) in [4.78, 5) is 15.4. The van der Waals surface area contributed by atoms with E-state index in [-0.39, 0.29) is 12.7 Å². The van der Waals surface area contributed by atoms with Crippen molar-refractivity contribution in [1.82, 2.24) is 10.3 Å². The molecule has 4 rings (SSSR count). The normalized spacial score (nSPS) is 12.5. The minimum absolute atomic E-state index is 0.107. The van der Waals surface area contributed by atoms with Crippen LogP contribution in [-0.4, -0.2) is 24.2 Å². The van der Waals surface area contributed by atoms with E-state index in [2.05, 4.69) is 28.5 Å². The summed E-state index contributed by atoms with van der Waals surface area (Å²) in [5, 5.41) is 4.13. The van der Waals surface area contributed by atoms with E-state index in [0.717, 1.165) is 11.9 Å². The summed E-state index contributed by atoms with van der Waals surface area (Å²) in [6.45, 7) is 0.793. The highest BCUT2D eigenvalue weighted by Gasteiger charge is 2.15. The van der Waals surface area contributed by atoms with E-state index in [1.807, 2.05) is 12.3 Å². The molecule has 0 atom stereocenters. The number of hydrogen-bond acceptors (Lipinski definition) is 3. The highest BCUT2D eigenvalue weighted by Crippen LogP contribution is 2.32. The Labute approximate surface area is 133 Å². The van der Waals surface area contributed by atoms with E-state index in [1.165, 1.54) is 10.9 Å². The first-order valence-electron chi connectivity index (χ1n) is 7.53. The number of hydrogen-bond donors (Lipinski definition) is 2. The maximum Gasteiger partial charge on any atom is 0.251 e. The Morgan fingerprint density at radius 2 is 2.00 bits per heavy atom. The van der Waals surface area contributed by atoms with E-state index in [0.29, 0.717) is 23.6 Å². The number of carbonyl (C=O) groups is 1. The Morgan fingerprint density at radius 3 is 2.96 bits per heavy atom. The van der Waals surface area contributed by atoms with Crippen LogP contribution in [0.3, 0.4) is 0 Å². The Kier molecular flexibility index (Phi) is 3.38. The maximum absolute atomic E-state index is 12.2. The van der Waals surface area contributed by atoms with Gasteiger partial charge in [-0.05, 0) is 47.7 Å². The molecule has 5 heteroatoms. The van der Waals surface area contributed by atoms with Crippen LogP contribution in [0.4, 0.5) is 0 Å². The Hall–Kier alpha value is -2.95. The van der Waals surface area contributed by atoms with Gasteiger partial charge in [0.2, 0.25) is 6.79 Å². The maximum atomic E-state index is 12.2. The van der Waals surface area contributed by atoms with Crippen LogP contribution in [0, 0.1) is 0 Å². The molecular weight excluding hydrogens is 292 g/mol. The van der Waals surface area contributed by atoms with Gasteiger partial charge in [-0.2, -0.15) is 0 Å². The van der Waals surface area contributed by atoms with Crippen molar-refractivity contribution in [2.75, 3.05) is 13.3 Å². The lowest BCUT2D eigenvalue weighted by Gasteiger charge is -2.06. The van der Waals surface area contributed by atoms with Crippen LogP contribution in [0.2, 0.25) is 0 Å². The van der Waals surface area contributed by atoms with Gasteiger partial charge in [-0.3, -0.25) is 4.79 Å². The number of nitrogens with one attached hydrogen (secondary N) is 2. The summed E-state index contributed by atoms with van der Waals surface area (Å²) >= 11 is 0. The van der Waals surface area contributed by atoms with E-state index >= 15 is 0 Å². The third-order valence-electron chi connectivity index (χ3n) is 3.95. The number of fused-ring (bicyclic) bond motifs is 2. The number of H-pyrrole nitrogens is 1. The van der Waals surface area contributed by atoms with Crippen LogP contribution in [0.1, 0.15) is 15.9 Å². The molecule has 1 aliphatic heterocycles. The first-order valence-corrected chi connectivity index (χ1v) is 7.53. The Morgan fingerprint density at radius 1 is 1.09 bits per heavy atom. The van der Waals surface area contributed by atoms with Gasteiger partial charge in [-0.1, -0.05) is 12.1 Å². The van der Waals surface area contributed by atoms with E-state index in [9.17, 15) is 4.79 Å². The van der Waals surface area contributed by atoms with Gasteiger partial charge in [0.25, 0.3) is 5.91 Å². The molecule has 0 fully saturated rings. The standard InChI is InChI=1S/C18H16N2O3/c21-18(14-3-4-16-17(10-14)23-11-22-16)20-7-5-12-1-2-13-6-8-19-15(13)9-12/h1-4,6,8-10,19H,5,7,11H2,(H,20,21). The van der Waals surface area contributed by atoms with Crippen LogP contribution >= 0.6 is 0 Å². The topological polar surface area (TPSA) is 63.4 Å². The van der Waals surface area contributed by atoms with Gasteiger partial charge in [0.15, 0.2) is 11.5 Å². The molecule has 1 amide bonds. The summed E-state index contributed by atoms with van der Waals surface area (Å²) in [6, 6.07) is 13.5. The van der Waals surface area contributed by atoms with Crippen LogP contribution in [0.5, 0.6) is 11.5 Å². The molecule has 2 heterocycles. The largest absolute Gasteiger partial charge is 0.454 e. The third kappa shape index (κ3) is 2.73. The summed E-state index contributed by atoms with van der Waals surface area (Å²) in [6.07, 6.45) is 2.71. The van der Waals surface area contributed by atoms with Crippen molar-refractivity contribution < 1.29 is 14.3 Å². The number of amides is 1. The summed E-state index contributed by atoms with van der Waals surface area (Å²) in [5.41, 5.74) is 2.88. The molecule has 23 heavy (non-hydrogen) atoms. The van der Waals surface area contributed by atoms with Crippen LogP contribution in [0.25, 0.3) is 10.9 Å². The van der Waals surface area contributed by atoms with Crippen LogP contribution in [-0.2, 0) is 6.42 Å². The van der Waals surface area contributed by atoms with E-state index < -0.39 is 0 Å². The molecule has 0 bridgehead atoms. The van der Waals surface area contributed by atoms with Crippen LogP contribution in [0.15, 0.2) is 48.7 Å². The molecule has 0 aliphatic carbocycles. The van der Waals surface area contributed by atoms with Gasteiger partial charge in [0.1, 0.15) is 0 Å². The lowest BCUT2D eigenvalue weighted by Crippen LogP contribution is -2.25. The predicted octanol–water partition coefficient (Wildman–Crippen LogP) is 2.87. The van der Waals surface area contributed by atoms with Crippen molar-refractivity contribution >= 4 is 16.8 Å². The van der Waals surface area contributed by atoms with Crippen molar-refractivity contribution in [1.29, 1.82) is 0 Å². The molecule has 2 N–H and O–H groups in total. The van der Waals surface area contributed by atoms with Crippen molar-refractivity contribution in [3.05, 3.63) is 59.8 Å². The molecule has 5 nitrogen and oxygen atoms in total. The number of rotatable bonds is 4. The van der Waals surface area contributed by atoms with Gasteiger partial charge < -0.3 is 19.8 Å². The highest BCUT2D eigenvalue weighted by molar-refractivity contribution is 5.94. The lowest BCUT2D eigenvalue weighted by molar-refractivity contribution is 0.0953. The number of carbonyl (C=O) groups excluding carboxylic acids is 1. The summed E-state index contributed by atoms with van der Waals surface area (Å²) in [7, 11) is 0. The number of aromatic amines is 1. The number of benzene rings is 2. The predicted molar refractivity (Wildman–Crippen MR) is 86.9 cm³/mol. The first-order chi connectivity index (χ1) is 11.3. The van der Waals surface area contributed by atoms with Gasteiger partial charge >= 0.3 is 0 Å². The van der Waals surface area contributed by atoms with Crippen molar-refractivity contribution in [3.8, 4) is 11.5 Å². The Balaban J connectivity index is 1.37. The SMILES string of the molecule is O=C(NCCc1ccc2cc[nH]c2c1)c1ccc2c(c1)OCO2. The van der Waals surface area contributed by atoms with Gasteiger partial charge in [-0.15, -0.1) is 0 Å². The molecule has 0 radical (unpaired) electrons. The lowest BCUT2D eigenvalue weighted by atomic mass is 10.1. The fourth-order valence-corrected chi connectivity index (χ4v) is 2.71. The number of ether oxygens (including phenoxy) is 2. The molecular formula is C18H16N2O3. The van der Waals surface area contributed by atoms with Gasteiger partial charge in [-0.25, -0.2) is 0 Å². The molecule has 0 spiro atoms. The minimum atomic E-state index is -0.107. The molecule has 3 aromatic rings. The zero-order valence-electron chi connectivity index (χ0n) is 12.5. The van der Waals surface area contributed by atoms with Crippen LogP contribution < -0.4 is 14.8 Å². The average Bonchev–Trinajstić information content (AvgIpc) is 3.22. The quantitative estimate of drug-likeness (QED) is 0.779. The molecule has 0 saturated carbocycles. The molecule has 116 valence electrons. The zero-order valence-corrected chi connectivity index (χ0v) is 12.5. The molecule has 0 unspecified atom stereocenters. The third-order valence-corrected chi connectivity index (χ3v) is 3.95. The summed E-state index contributed by atoms with van der Waals surface area (Å²) < 4.78 is 10.5. The molecule has 2 aromatic carbocycles.